The summed E-state index contributed by atoms with van der Waals surface area (Å²) in [5, 5.41) is 9.23. The second kappa shape index (κ2) is 8.10. The van der Waals surface area contributed by atoms with Gasteiger partial charge in [-0.1, -0.05) is 23.7 Å². The van der Waals surface area contributed by atoms with Crippen LogP contribution in [0.4, 0.5) is 5.69 Å². The lowest BCUT2D eigenvalue weighted by Crippen LogP contribution is -2.33. The summed E-state index contributed by atoms with van der Waals surface area (Å²) >= 11 is 5.96. The number of hydrogen-bond acceptors (Lipinski definition) is 5. The normalized spacial score (nSPS) is 12.7. The molecule has 9 heteroatoms. The van der Waals surface area contributed by atoms with Crippen molar-refractivity contribution >= 4 is 41.0 Å². The van der Waals surface area contributed by atoms with Crippen molar-refractivity contribution in [1.82, 2.24) is 10.3 Å². The molecule has 3 rings (SSSR count). The van der Waals surface area contributed by atoms with E-state index in [0.29, 0.717) is 11.1 Å². The Morgan fingerprint density at radius 2 is 1.68 bits per heavy atom. The summed E-state index contributed by atoms with van der Waals surface area (Å²) < 4.78 is 0. The van der Waals surface area contributed by atoms with Crippen molar-refractivity contribution in [2.24, 2.45) is 0 Å². The number of halogens is 1. The van der Waals surface area contributed by atoms with E-state index in [1.54, 1.807) is 24.3 Å². The van der Waals surface area contributed by atoms with Crippen molar-refractivity contribution < 1.29 is 24.3 Å². The average molecular weight is 402 g/mol. The highest BCUT2D eigenvalue weighted by Crippen LogP contribution is 2.23. The maximum Gasteiger partial charge on any atom is 0.335 e. The molecule has 2 aromatic rings. The minimum absolute atomic E-state index is 0.0202. The molecule has 0 saturated carbocycles. The van der Waals surface area contributed by atoms with Crippen LogP contribution in [0.15, 0.2) is 42.5 Å². The summed E-state index contributed by atoms with van der Waals surface area (Å²) in [6.07, 6.45) is 0.332. The van der Waals surface area contributed by atoms with Crippen LogP contribution in [0.1, 0.15) is 43.9 Å². The van der Waals surface area contributed by atoms with E-state index in [9.17, 15) is 19.2 Å². The fourth-order valence-electron chi connectivity index (χ4n) is 2.79. The van der Waals surface area contributed by atoms with Gasteiger partial charge in [0, 0.05) is 13.0 Å². The second-order valence-electron chi connectivity index (χ2n) is 6.08. The number of nitrogens with zero attached hydrogens (tertiary/aromatic N) is 1. The third-order valence-electron chi connectivity index (χ3n) is 4.21. The number of carboxylic acid groups (broad SMARTS) is 1. The molecule has 2 aromatic carbocycles. The molecule has 0 radical (unpaired) electrons. The zero-order valence-electron chi connectivity index (χ0n) is 14.6. The zero-order chi connectivity index (χ0) is 20.3. The van der Waals surface area contributed by atoms with Crippen molar-refractivity contribution in [3.05, 3.63) is 64.2 Å². The standard InChI is InChI=1S/C19H16ClN3O5/c20-14-8-7-11(19(27)28)10-15(14)21-22-16(24)6-3-9-23-17(25)12-4-1-2-5-13(12)18(23)26/h1-2,4-5,7-8,10,21H,3,6,9H2,(H,22,24)(H,27,28). The van der Waals surface area contributed by atoms with Crippen molar-refractivity contribution in [2.75, 3.05) is 12.0 Å². The SMILES string of the molecule is O=C(CCCN1C(=O)c2ccccc2C1=O)NNc1cc(C(=O)O)ccc1Cl. The third-order valence-corrected chi connectivity index (χ3v) is 4.54. The molecule has 0 unspecified atom stereocenters. The maximum absolute atomic E-state index is 12.2. The van der Waals surface area contributed by atoms with Gasteiger partial charge in [0.05, 0.1) is 27.4 Å². The van der Waals surface area contributed by atoms with Crippen LogP contribution < -0.4 is 10.9 Å². The van der Waals surface area contributed by atoms with E-state index in [2.05, 4.69) is 10.9 Å². The van der Waals surface area contributed by atoms with Gasteiger partial charge in [-0.15, -0.1) is 0 Å². The number of hydrogen-bond donors (Lipinski definition) is 3. The fourth-order valence-corrected chi connectivity index (χ4v) is 2.96. The minimum Gasteiger partial charge on any atom is -0.478 e. The molecule has 0 atom stereocenters. The van der Waals surface area contributed by atoms with Gasteiger partial charge in [-0.2, -0.15) is 0 Å². The van der Waals surface area contributed by atoms with Crippen LogP contribution in [-0.2, 0) is 4.79 Å². The van der Waals surface area contributed by atoms with Gasteiger partial charge in [-0.05, 0) is 36.8 Å². The number of aromatic carboxylic acids is 1. The number of carbonyl (C=O) groups excluding carboxylic acids is 3. The van der Waals surface area contributed by atoms with Crippen LogP contribution in [0.25, 0.3) is 0 Å². The Morgan fingerprint density at radius 3 is 2.29 bits per heavy atom. The lowest BCUT2D eigenvalue weighted by atomic mass is 10.1. The quantitative estimate of drug-likeness (QED) is 0.485. The highest BCUT2D eigenvalue weighted by molar-refractivity contribution is 6.33. The first-order valence-corrected chi connectivity index (χ1v) is 8.79. The highest BCUT2D eigenvalue weighted by atomic mass is 35.5. The number of imide groups is 1. The second-order valence-corrected chi connectivity index (χ2v) is 6.49. The summed E-state index contributed by atoms with van der Waals surface area (Å²) in [4.78, 5) is 48.6. The first kappa shape index (κ1) is 19.4. The molecule has 0 saturated heterocycles. The van der Waals surface area contributed by atoms with Gasteiger partial charge in [0.2, 0.25) is 5.91 Å². The van der Waals surface area contributed by atoms with Crippen molar-refractivity contribution in [3.8, 4) is 0 Å². The maximum atomic E-state index is 12.2. The van der Waals surface area contributed by atoms with Crippen LogP contribution in [-0.4, -0.2) is 40.2 Å². The fraction of sp³-hybridized carbons (Fsp3) is 0.158. The molecular formula is C19H16ClN3O5. The molecule has 0 fully saturated rings. The number of fused-ring (bicyclic) bond motifs is 1. The van der Waals surface area contributed by atoms with Gasteiger partial charge in [-0.3, -0.25) is 30.1 Å². The van der Waals surface area contributed by atoms with E-state index in [1.165, 1.54) is 18.2 Å². The van der Waals surface area contributed by atoms with E-state index in [0.717, 1.165) is 4.90 Å². The van der Waals surface area contributed by atoms with Crippen molar-refractivity contribution in [2.45, 2.75) is 12.8 Å². The first-order chi connectivity index (χ1) is 13.4. The molecule has 28 heavy (non-hydrogen) atoms. The minimum atomic E-state index is -1.12. The van der Waals surface area contributed by atoms with Crippen LogP contribution in [0.3, 0.4) is 0 Å². The average Bonchev–Trinajstić information content (AvgIpc) is 2.92. The Morgan fingerprint density at radius 1 is 1.04 bits per heavy atom. The van der Waals surface area contributed by atoms with Crippen LogP contribution >= 0.6 is 11.6 Å². The lowest BCUT2D eigenvalue weighted by Gasteiger charge is -2.14. The number of carbonyl (C=O) groups is 4. The molecule has 0 aromatic heterocycles. The van der Waals surface area contributed by atoms with Gasteiger partial charge >= 0.3 is 5.97 Å². The number of carboxylic acids is 1. The zero-order valence-corrected chi connectivity index (χ0v) is 15.3. The van der Waals surface area contributed by atoms with Gasteiger partial charge in [0.1, 0.15) is 0 Å². The predicted molar refractivity (Wildman–Crippen MR) is 101 cm³/mol. The number of amides is 3. The molecule has 1 heterocycles. The van der Waals surface area contributed by atoms with Crippen molar-refractivity contribution in [3.63, 3.8) is 0 Å². The van der Waals surface area contributed by atoms with Crippen molar-refractivity contribution in [1.29, 1.82) is 0 Å². The van der Waals surface area contributed by atoms with E-state index >= 15 is 0 Å². The van der Waals surface area contributed by atoms with E-state index in [4.69, 9.17) is 16.7 Å². The van der Waals surface area contributed by atoms with Gasteiger partial charge in [-0.25, -0.2) is 4.79 Å². The smallest absolute Gasteiger partial charge is 0.335 e. The highest BCUT2D eigenvalue weighted by Gasteiger charge is 2.34. The molecule has 0 spiro atoms. The summed E-state index contributed by atoms with van der Waals surface area (Å²) in [6.45, 7) is 0.120. The Hall–Kier alpha value is -3.39. The lowest BCUT2D eigenvalue weighted by molar-refractivity contribution is -0.120. The molecule has 1 aliphatic rings. The third kappa shape index (κ3) is 3.96. The number of anilines is 1. The van der Waals surface area contributed by atoms with Gasteiger partial charge in [0.15, 0.2) is 0 Å². The number of nitrogens with one attached hydrogen (secondary N) is 2. The molecular weight excluding hydrogens is 386 g/mol. The number of hydrazine groups is 1. The van der Waals surface area contributed by atoms with E-state index < -0.39 is 11.9 Å². The topological polar surface area (TPSA) is 116 Å². The van der Waals surface area contributed by atoms with Crippen LogP contribution in [0, 0.1) is 0 Å². The first-order valence-electron chi connectivity index (χ1n) is 8.41. The Balaban J connectivity index is 1.50. The molecule has 3 amide bonds. The number of benzene rings is 2. The molecule has 3 N–H and O–H groups in total. The molecule has 8 nitrogen and oxygen atoms in total. The number of rotatable bonds is 7. The van der Waals surface area contributed by atoms with Gasteiger partial charge in [0.25, 0.3) is 11.8 Å². The van der Waals surface area contributed by atoms with Crippen LogP contribution in [0.5, 0.6) is 0 Å². The molecule has 0 aliphatic carbocycles. The van der Waals surface area contributed by atoms with E-state index in [1.807, 2.05) is 0 Å². The molecule has 0 bridgehead atoms. The molecule has 1 aliphatic heterocycles. The summed E-state index contributed by atoms with van der Waals surface area (Å²) in [6, 6.07) is 10.6. The Kier molecular flexibility index (Phi) is 5.60. The molecule has 144 valence electrons. The summed E-state index contributed by atoms with van der Waals surface area (Å²) in [7, 11) is 0. The Labute approximate surface area is 165 Å². The van der Waals surface area contributed by atoms with Crippen LogP contribution in [0.2, 0.25) is 5.02 Å². The summed E-state index contributed by atoms with van der Waals surface area (Å²) in [5.41, 5.74) is 5.99. The largest absolute Gasteiger partial charge is 0.478 e. The predicted octanol–water partition coefficient (Wildman–Crippen LogP) is 2.56. The van der Waals surface area contributed by atoms with Gasteiger partial charge < -0.3 is 5.11 Å². The monoisotopic (exact) mass is 401 g/mol. The van der Waals surface area contributed by atoms with E-state index in [-0.39, 0.29) is 47.5 Å². The summed E-state index contributed by atoms with van der Waals surface area (Å²) in [5.74, 6) is -2.24. The Bertz CT molecular complexity index is 941.